The largest absolute Gasteiger partial charge is 0.457 e. The van der Waals surface area contributed by atoms with Gasteiger partial charge in [-0.3, -0.25) is 14.7 Å². The molecule has 1 aliphatic carbocycles. The molecule has 1 saturated carbocycles. The Morgan fingerprint density at radius 3 is 2.52 bits per heavy atom. The van der Waals surface area contributed by atoms with Crippen LogP contribution < -0.4 is 0 Å². The molecule has 4 rings (SSSR count). The van der Waals surface area contributed by atoms with Gasteiger partial charge in [0.2, 0.25) is 0 Å². The third-order valence-electron chi connectivity index (χ3n) is 9.88. The number of carbonyl (C=O) groups excluding carboxylic acids is 2. The van der Waals surface area contributed by atoms with Crippen molar-refractivity contribution in [3.8, 4) is 0 Å². The van der Waals surface area contributed by atoms with Crippen molar-refractivity contribution in [1.29, 1.82) is 0 Å². The number of hydrogen-bond donors (Lipinski definition) is 2. The SMILES string of the molecule is C/C(=C\C=C\C(C)c1cccnc1)[C@H]1OC(=O)C[C@@H](O)CC[C@](C)(O)[C@@H](OC(=O)N2CCN(C3CCCCCC3)CC2)/C=C\[C@@H]1C. The van der Waals surface area contributed by atoms with Crippen molar-refractivity contribution in [3.05, 3.63) is 66.0 Å². The molecule has 9 heteroatoms. The summed E-state index contributed by atoms with van der Waals surface area (Å²) in [7, 11) is 0. The van der Waals surface area contributed by atoms with E-state index in [1.54, 1.807) is 24.1 Å². The third-order valence-corrected chi connectivity index (χ3v) is 9.88. The molecule has 3 heterocycles. The Labute approximate surface area is 275 Å². The number of nitrogens with zero attached hydrogens (tertiary/aromatic N) is 3. The van der Waals surface area contributed by atoms with Crippen LogP contribution in [0.5, 0.6) is 0 Å². The van der Waals surface area contributed by atoms with Crippen LogP contribution in [0.25, 0.3) is 0 Å². The summed E-state index contributed by atoms with van der Waals surface area (Å²) < 4.78 is 11.9. The van der Waals surface area contributed by atoms with Gasteiger partial charge in [-0.1, -0.05) is 69.9 Å². The summed E-state index contributed by atoms with van der Waals surface area (Å²) in [5, 5.41) is 22.1. The van der Waals surface area contributed by atoms with Gasteiger partial charge in [-0.25, -0.2) is 4.79 Å². The number of aliphatic hydroxyl groups excluding tert-OH is 1. The Kier molecular flexibility index (Phi) is 13.4. The number of aromatic nitrogens is 1. The van der Waals surface area contributed by atoms with Crippen LogP contribution in [-0.4, -0.2) is 93.2 Å². The molecule has 1 unspecified atom stereocenters. The molecule has 1 aromatic heterocycles. The summed E-state index contributed by atoms with van der Waals surface area (Å²) in [5.74, 6) is -0.632. The van der Waals surface area contributed by atoms with Crippen LogP contribution >= 0.6 is 0 Å². The first-order chi connectivity index (χ1) is 22.0. The quantitative estimate of drug-likeness (QED) is 0.171. The lowest BCUT2D eigenvalue weighted by molar-refractivity contribution is -0.151. The van der Waals surface area contributed by atoms with Gasteiger partial charge in [0.05, 0.1) is 12.5 Å². The summed E-state index contributed by atoms with van der Waals surface area (Å²) in [6.45, 7) is 10.4. The fourth-order valence-electron chi connectivity index (χ4n) is 6.75. The Morgan fingerprint density at radius 1 is 1.13 bits per heavy atom. The standard InChI is InChI=1S/C37H55N3O6/c1-27(30-13-10-20-38-26-30)11-9-12-28(2)35-29(3)16-17-33(37(4,44)19-18-32(41)25-34(42)46-35)45-36(43)40-23-21-39(22-24-40)31-14-7-5-6-8-15-31/h9-13,16-17,20,26-27,29,31-33,35,41,44H,5-8,14-15,18-19,21-25H2,1-4H3/b11-9+,17-16-,28-12+/t27?,29-,32-,33-,35+,37-/m0/s1. The molecule has 0 bridgehead atoms. The fourth-order valence-corrected chi connectivity index (χ4v) is 6.75. The Bertz CT molecular complexity index is 1200. The molecular formula is C37H55N3O6. The van der Waals surface area contributed by atoms with Crippen molar-refractivity contribution in [2.24, 2.45) is 5.92 Å². The highest BCUT2D eigenvalue weighted by Gasteiger charge is 2.37. The smallest absolute Gasteiger partial charge is 0.410 e. The molecule has 2 aliphatic heterocycles. The summed E-state index contributed by atoms with van der Waals surface area (Å²) in [6.07, 6.45) is 17.9. The van der Waals surface area contributed by atoms with Crippen LogP contribution in [0.15, 0.2) is 60.5 Å². The number of carbonyl (C=O) groups is 2. The summed E-state index contributed by atoms with van der Waals surface area (Å²) in [5.41, 5.74) is 0.490. The fraction of sp³-hybridized carbons (Fsp3) is 0.649. The number of rotatable bonds is 6. The highest BCUT2D eigenvalue weighted by Crippen LogP contribution is 2.28. The maximum atomic E-state index is 13.4. The minimum atomic E-state index is -1.44. The molecule has 3 aliphatic rings. The molecule has 0 spiro atoms. The second-order valence-corrected chi connectivity index (χ2v) is 13.8. The predicted molar refractivity (Wildman–Crippen MR) is 179 cm³/mol. The first-order valence-corrected chi connectivity index (χ1v) is 17.3. The molecule has 254 valence electrons. The number of piperazine rings is 1. The lowest BCUT2D eigenvalue weighted by Gasteiger charge is -2.40. The first kappa shape index (κ1) is 35.8. The van der Waals surface area contributed by atoms with Crippen LogP contribution in [0.2, 0.25) is 0 Å². The van der Waals surface area contributed by atoms with Crippen LogP contribution in [0, 0.1) is 5.92 Å². The number of amides is 1. The van der Waals surface area contributed by atoms with Crippen molar-refractivity contribution in [1.82, 2.24) is 14.8 Å². The highest BCUT2D eigenvalue weighted by atomic mass is 16.6. The molecule has 0 radical (unpaired) electrons. The van der Waals surface area contributed by atoms with Crippen LogP contribution in [0.1, 0.15) is 97.0 Å². The number of esters is 1. The summed E-state index contributed by atoms with van der Waals surface area (Å²) >= 11 is 0. The highest BCUT2D eigenvalue weighted by molar-refractivity contribution is 5.70. The number of ether oxygens (including phenoxy) is 2. The number of allylic oxidation sites excluding steroid dienone is 3. The van der Waals surface area contributed by atoms with Crippen molar-refractivity contribution in [3.63, 3.8) is 0 Å². The van der Waals surface area contributed by atoms with Crippen molar-refractivity contribution in [2.75, 3.05) is 26.2 Å². The van der Waals surface area contributed by atoms with E-state index in [4.69, 9.17) is 9.47 Å². The molecule has 1 amide bonds. The Morgan fingerprint density at radius 2 is 1.85 bits per heavy atom. The maximum absolute atomic E-state index is 13.4. The third kappa shape index (κ3) is 10.5. The van der Waals surface area contributed by atoms with E-state index in [-0.39, 0.29) is 31.1 Å². The minimum absolute atomic E-state index is 0.149. The van der Waals surface area contributed by atoms with Gasteiger partial charge in [-0.2, -0.15) is 0 Å². The van der Waals surface area contributed by atoms with Crippen molar-refractivity contribution < 1.29 is 29.3 Å². The van der Waals surface area contributed by atoms with E-state index in [2.05, 4.69) is 22.9 Å². The van der Waals surface area contributed by atoms with E-state index in [0.29, 0.717) is 19.1 Å². The molecule has 46 heavy (non-hydrogen) atoms. The number of pyridine rings is 1. The summed E-state index contributed by atoms with van der Waals surface area (Å²) in [4.78, 5) is 34.7. The molecule has 2 N–H and O–H groups in total. The van der Waals surface area contributed by atoms with Gasteiger partial charge in [0.1, 0.15) is 11.7 Å². The lowest BCUT2D eigenvalue weighted by Crippen LogP contribution is -2.53. The molecule has 6 atom stereocenters. The lowest BCUT2D eigenvalue weighted by atomic mass is 9.88. The van der Waals surface area contributed by atoms with Gasteiger partial charge in [0, 0.05) is 56.5 Å². The van der Waals surface area contributed by atoms with Crippen molar-refractivity contribution >= 4 is 12.1 Å². The van der Waals surface area contributed by atoms with Gasteiger partial charge in [-0.05, 0) is 62.8 Å². The average Bonchev–Trinajstić information content (AvgIpc) is 3.34. The average molecular weight is 638 g/mol. The number of cyclic esters (lactones) is 1. The zero-order valence-corrected chi connectivity index (χ0v) is 28.2. The van der Waals surface area contributed by atoms with E-state index in [1.807, 2.05) is 50.4 Å². The monoisotopic (exact) mass is 637 g/mol. The van der Waals surface area contributed by atoms with Gasteiger partial charge in [0.15, 0.2) is 6.10 Å². The maximum Gasteiger partial charge on any atom is 0.410 e. The zero-order chi connectivity index (χ0) is 33.1. The second kappa shape index (κ2) is 17.2. The predicted octanol–water partition coefficient (Wildman–Crippen LogP) is 5.93. The van der Waals surface area contributed by atoms with Crippen LogP contribution in [-0.2, 0) is 14.3 Å². The zero-order valence-electron chi connectivity index (χ0n) is 28.2. The van der Waals surface area contributed by atoms with E-state index < -0.39 is 36.0 Å². The van der Waals surface area contributed by atoms with Gasteiger partial charge >= 0.3 is 12.1 Å². The first-order valence-electron chi connectivity index (χ1n) is 17.3. The van der Waals surface area contributed by atoms with Crippen LogP contribution in [0.3, 0.4) is 0 Å². The van der Waals surface area contributed by atoms with E-state index in [0.717, 1.165) is 24.2 Å². The van der Waals surface area contributed by atoms with E-state index in [9.17, 15) is 19.8 Å². The molecule has 1 saturated heterocycles. The van der Waals surface area contributed by atoms with Crippen LogP contribution in [0.4, 0.5) is 4.79 Å². The number of hydrogen-bond acceptors (Lipinski definition) is 8. The summed E-state index contributed by atoms with van der Waals surface area (Å²) in [6, 6.07) is 4.54. The molecule has 9 nitrogen and oxygen atoms in total. The Balaban J connectivity index is 1.45. The molecule has 1 aromatic rings. The molecule has 2 fully saturated rings. The molecular weight excluding hydrogens is 582 g/mol. The normalized spacial score (nSPS) is 31.3. The Hall–Kier alpha value is -3.01. The number of aliphatic hydroxyl groups is 2. The van der Waals surface area contributed by atoms with E-state index in [1.165, 1.54) is 38.5 Å². The van der Waals surface area contributed by atoms with E-state index >= 15 is 0 Å². The topological polar surface area (TPSA) is 112 Å². The van der Waals surface area contributed by atoms with Gasteiger partial charge in [-0.15, -0.1) is 0 Å². The van der Waals surface area contributed by atoms with Gasteiger partial charge < -0.3 is 24.6 Å². The second-order valence-electron chi connectivity index (χ2n) is 13.8. The van der Waals surface area contributed by atoms with Gasteiger partial charge in [0.25, 0.3) is 0 Å². The minimum Gasteiger partial charge on any atom is -0.457 e. The molecule has 0 aromatic carbocycles. The van der Waals surface area contributed by atoms with Crippen molar-refractivity contribution in [2.45, 2.75) is 121 Å².